The van der Waals surface area contributed by atoms with Crippen molar-refractivity contribution >= 4 is 5.82 Å². The van der Waals surface area contributed by atoms with E-state index < -0.39 is 0 Å². The van der Waals surface area contributed by atoms with Gasteiger partial charge in [0.1, 0.15) is 11.6 Å². The topological polar surface area (TPSA) is 37.8 Å². The monoisotopic (exact) mass is 263 g/mol. The van der Waals surface area contributed by atoms with E-state index in [2.05, 4.69) is 49.9 Å². The average Bonchev–Trinajstić information content (AvgIpc) is 2.27. The zero-order valence-corrected chi connectivity index (χ0v) is 13.3. The third-order valence-electron chi connectivity index (χ3n) is 3.20. The Morgan fingerprint density at radius 3 is 2.32 bits per heavy atom. The smallest absolute Gasteiger partial charge is 0.133 e. The molecule has 19 heavy (non-hydrogen) atoms. The summed E-state index contributed by atoms with van der Waals surface area (Å²) in [6, 6.07) is 2.50. The molecule has 1 atom stereocenters. The van der Waals surface area contributed by atoms with E-state index in [4.69, 9.17) is 0 Å². The normalized spacial score (nSPS) is 13.1. The van der Waals surface area contributed by atoms with E-state index in [1.807, 2.05) is 13.0 Å². The highest BCUT2D eigenvalue weighted by Crippen LogP contribution is 2.16. The van der Waals surface area contributed by atoms with Crippen molar-refractivity contribution in [3.05, 3.63) is 17.6 Å². The molecule has 1 unspecified atom stereocenters. The number of hydrogen-bond acceptors (Lipinski definition) is 3. The van der Waals surface area contributed by atoms with Gasteiger partial charge in [0, 0.05) is 23.7 Å². The molecule has 1 N–H and O–H groups in total. The number of hydrogen-bond donors (Lipinski definition) is 1. The minimum Gasteiger partial charge on any atom is -0.368 e. The van der Waals surface area contributed by atoms with Crippen molar-refractivity contribution in [3.8, 4) is 0 Å². The molecule has 0 fully saturated rings. The van der Waals surface area contributed by atoms with Crippen molar-refractivity contribution < 1.29 is 0 Å². The summed E-state index contributed by atoms with van der Waals surface area (Å²) in [5, 5.41) is 3.50. The van der Waals surface area contributed by atoms with Crippen molar-refractivity contribution in [2.24, 2.45) is 5.92 Å². The largest absolute Gasteiger partial charge is 0.368 e. The van der Waals surface area contributed by atoms with Gasteiger partial charge in [-0.3, -0.25) is 0 Å². The number of rotatable bonds is 7. The first kappa shape index (κ1) is 15.9. The molecule has 1 rings (SSSR count). The molecule has 0 aromatic carbocycles. The van der Waals surface area contributed by atoms with Crippen LogP contribution in [-0.4, -0.2) is 16.0 Å². The van der Waals surface area contributed by atoms with Crippen LogP contribution >= 0.6 is 0 Å². The molecule has 0 bridgehead atoms. The fraction of sp³-hybridized carbons (Fsp3) is 0.750. The summed E-state index contributed by atoms with van der Waals surface area (Å²) in [6.45, 7) is 13.1. The van der Waals surface area contributed by atoms with Crippen LogP contribution in [0.15, 0.2) is 6.07 Å². The molecule has 0 aliphatic rings. The standard InChI is InChI=1S/C16H29N3/c1-11(2)8-7-9-13(5)17-15-10-14(6)18-16(19-15)12(3)4/h10-13H,7-9H2,1-6H3,(H,17,18,19). The predicted octanol–water partition coefficient (Wildman–Crippen LogP) is 4.54. The van der Waals surface area contributed by atoms with Gasteiger partial charge in [-0.1, -0.05) is 40.5 Å². The lowest BCUT2D eigenvalue weighted by molar-refractivity contribution is 0.520. The predicted molar refractivity (Wildman–Crippen MR) is 82.6 cm³/mol. The zero-order valence-electron chi connectivity index (χ0n) is 13.3. The maximum absolute atomic E-state index is 4.59. The van der Waals surface area contributed by atoms with Gasteiger partial charge in [0.15, 0.2) is 0 Å². The van der Waals surface area contributed by atoms with Crippen LogP contribution in [0, 0.1) is 12.8 Å². The van der Waals surface area contributed by atoms with Crippen LogP contribution in [0.4, 0.5) is 5.82 Å². The Labute approximate surface area is 118 Å². The first-order valence-electron chi connectivity index (χ1n) is 7.50. The molecule has 0 aliphatic heterocycles. The second-order valence-electron chi connectivity index (χ2n) is 6.28. The van der Waals surface area contributed by atoms with Gasteiger partial charge in [0.25, 0.3) is 0 Å². The van der Waals surface area contributed by atoms with Crippen LogP contribution < -0.4 is 5.32 Å². The Morgan fingerprint density at radius 1 is 1.05 bits per heavy atom. The second kappa shape index (κ2) is 7.46. The number of aromatic nitrogens is 2. The highest BCUT2D eigenvalue weighted by Gasteiger charge is 2.08. The van der Waals surface area contributed by atoms with Crippen LogP contribution in [0.1, 0.15) is 71.3 Å². The molecule has 0 aliphatic carbocycles. The number of aryl methyl sites for hydroxylation is 1. The summed E-state index contributed by atoms with van der Waals surface area (Å²) >= 11 is 0. The van der Waals surface area contributed by atoms with Gasteiger partial charge in [0.2, 0.25) is 0 Å². The van der Waals surface area contributed by atoms with Gasteiger partial charge in [0.05, 0.1) is 0 Å². The van der Waals surface area contributed by atoms with Gasteiger partial charge < -0.3 is 5.32 Å². The maximum Gasteiger partial charge on any atom is 0.133 e. The maximum atomic E-state index is 4.59. The summed E-state index contributed by atoms with van der Waals surface area (Å²) in [5.41, 5.74) is 1.04. The Balaban J connectivity index is 2.56. The fourth-order valence-electron chi connectivity index (χ4n) is 2.08. The van der Waals surface area contributed by atoms with Crippen LogP contribution in [0.3, 0.4) is 0 Å². The molecule has 1 aromatic rings. The third kappa shape index (κ3) is 6.04. The number of nitrogens with zero attached hydrogens (tertiary/aromatic N) is 2. The van der Waals surface area contributed by atoms with Gasteiger partial charge >= 0.3 is 0 Å². The average molecular weight is 263 g/mol. The quantitative estimate of drug-likeness (QED) is 0.785. The van der Waals surface area contributed by atoms with Gasteiger partial charge in [-0.15, -0.1) is 0 Å². The summed E-state index contributed by atoms with van der Waals surface area (Å²) in [7, 11) is 0. The lowest BCUT2D eigenvalue weighted by atomic mass is 10.0. The fourth-order valence-corrected chi connectivity index (χ4v) is 2.08. The molecule has 108 valence electrons. The lowest BCUT2D eigenvalue weighted by Gasteiger charge is -2.16. The molecule has 0 saturated carbocycles. The zero-order chi connectivity index (χ0) is 14.4. The van der Waals surface area contributed by atoms with E-state index in [1.165, 1.54) is 19.3 Å². The molecule has 0 spiro atoms. The lowest BCUT2D eigenvalue weighted by Crippen LogP contribution is -2.17. The minimum absolute atomic E-state index is 0.372. The first-order valence-corrected chi connectivity index (χ1v) is 7.50. The number of nitrogens with one attached hydrogen (secondary N) is 1. The molecule has 0 amide bonds. The highest BCUT2D eigenvalue weighted by molar-refractivity contribution is 5.37. The van der Waals surface area contributed by atoms with E-state index >= 15 is 0 Å². The van der Waals surface area contributed by atoms with E-state index in [9.17, 15) is 0 Å². The van der Waals surface area contributed by atoms with Gasteiger partial charge in [-0.2, -0.15) is 0 Å². The van der Waals surface area contributed by atoms with Crippen LogP contribution in [0.2, 0.25) is 0 Å². The van der Waals surface area contributed by atoms with Crippen molar-refractivity contribution in [2.75, 3.05) is 5.32 Å². The molecular formula is C16H29N3. The number of anilines is 1. The highest BCUT2D eigenvalue weighted by atomic mass is 15.0. The Hall–Kier alpha value is -1.12. The Kier molecular flexibility index (Phi) is 6.26. The van der Waals surface area contributed by atoms with Crippen molar-refractivity contribution in [1.29, 1.82) is 0 Å². The Morgan fingerprint density at radius 2 is 1.74 bits per heavy atom. The molecule has 0 saturated heterocycles. The van der Waals surface area contributed by atoms with E-state index in [1.54, 1.807) is 0 Å². The van der Waals surface area contributed by atoms with Gasteiger partial charge in [-0.25, -0.2) is 9.97 Å². The van der Waals surface area contributed by atoms with E-state index in [0.29, 0.717) is 12.0 Å². The van der Waals surface area contributed by atoms with Gasteiger partial charge in [-0.05, 0) is 26.2 Å². The summed E-state index contributed by atoms with van der Waals surface area (Å²) in [6.07, 6.45) is 3.76. The summed E-state index contributed by atoms with van der Waals surface area (Å²) in [5.74, 6) is 3.06. The molecule has 1 aromatic heterocycles. The summed E-state index contributed by atoms with van der Waals surface area (Å²) in [4.78, 5) is 9.07. The van der Waals surface area contributed by atoms with Crippen molar-refractivity contribution in [3.63, 3.8) is 0 Å². The van der Waals surface area contributed by atoms with Crippen LogP contribution in [0.5, 0.6) is 0 Å². The van der Waals surface area contributed by atoms with Crippen LogP contribution in [0.25, 0.3) is 0 Å². The molecule has 3 nitrogen and oxygen atoms in total. The molecular weight excluding hydrogens is 234 g/mol. The molecule has 0 radical (unpaired) electrons. The molecule has 3 heteroatoms. The Bertz CT molecular complexity index is 386. The molecule has 1 heterocycles. The first-order chi connectivity index (χ1) is 8.88. The van der Waals surface area contributed by atoms with E-state index in [-0.39, 0.29) is 0 Å². The SMILES string of the molecule is Cc1cc(NC(C)CCCC(C)C)nc(C(C)C)n1. The summed E-state index contributed by atoms with van der Waals surface area (Å²) < 4.78 is 0. The minimum atomic E-state index is 0.372. The van der Waals surface area contributed by atoms with Crippen molar-refractivity contribution in [2.45, 2.75) is 72.8 Å². The third-order valence-corrected chi connectivity index (χ3v) is 3.20. The van der Waals surface area contributed by atoms with Crippen molar-refractivity contribution in [1.82, 2.24) is 9.97 Å². The second-order valence-corrected chi connectivity index (χ2v) is 6.28. The van der Waals surface area contributed by atoms with Crippen LogP contribution in [-0.2, 0) is 0 Å². The van der Waals surface area contributed by atoms with E-state index in [0.717, 1.165) is 23.3 Å².